The monoisotopic (exact) mass is 423 g/mol. The van der Waals surface area contributed by atoms with E-state index >= 15 is 0 Å². The van der Waals surface area contributed by atoms with E-state index in [4.69, 9.17) is 9.15 Å². The summed E-state index contributed by atoms with van der Waals surface area (Å²) in [6.07, 6.45) is 5.91. The van der Waals surface area contributed by atoms with Crippen molar-refractivity contribution in [2.24, 2.45) is 0 Å². The van der Waals surface area contributed by atoms with E-state index in [2.05, 4.69) is 16.8 Å². The third kappa shape index (κ3) is 6.74. The number of nitrogens with zero attached hydrogens (tertiary/aromatic N) is 2. The number of carboxylic acids is 1. The number of carboxylic acid groups (broad SMARTS) is 1. The number of carbonyl (C=O) groups is 1. The number of rotatable bonds is 13. The lowest BCUT2D eigenvalue weighted by molar-refractivity contribution is -0.312. The van der Waals surface area contributed by atoms with Gasteiger partial charge in [-0.3, -0.25) is 0 Å². The van der Waals surface area contributed by atoms with E-state index in [1.165, 1.54) is 32.6 Å². The fourth-order valence-corrected chi connectivity index (χ4v) is 3.46. The number of para-hydroxylation sites is 2. The maximum absolute atomic E-state index is 10.8. The molecule has 0 unspecified atom stereocenters. The van der Waals surface area contributed by atoms with Gasteiger partial charge in [0, 0.05) is 13.1 Å². The van der Waals surface area contributed by atoms with Crippen LogP contribution in [-0.2, 0) is 11.2 Å². The van der Waals surface area contributed by atoms with Crippen LogP contribution in [0.15, 0.2) is 52.9 Å². The number of benzene rings is 2. The molecule has 6 heteroatoms. The number of carbonyl (C=O) groups excluding carboxylic acids is 1. The molecule has 0 saturated heterocycles. The Morgan fingerprint density at radius 1 is 1.06 bits per heavy atom. The fraction of sp³-hybridized carbons (Fsp3) is 0.440. The highest BCUT2D eigenvalue weighted by atomic mass is 16.5. The van der Waals surface area contributed by atoms with Crippen molar-refractivity contribution in [2.45, 2.75) is 58.5 Å². The summed E-state index contributed by atoms with van der Waals surface area (Å²) in [4.78, 5) is 17.7. The largest absolute Gasteiger partial charge is 0.546 e. The lowest BCUT2D eigenvalue weighted by Crippen LogP contribution is -2.37. The summed E-state index contributed by atoms with van der Waals surface area (Å²) in [5.41, 5.74) is 2.81. The highest BCUT2D eigenvalue weighted by Gasteiger charge is 2.14. The summed E-state index contributed by atoms with van der Waals surface area (Å²) in [5, 5.41) is 10.8. The number of aromatic nitrogens is 1. The molecule has 1 aromatic heterocycles. The maximum Gasteiger partial charge on any atom is 0.298 e. The average Bonchev–Trinajstić information content (AvgIpc) is 3.20. The standard InChI is InChI=1S/C25H32N2O4/c1-3-4-5-6-9-17-27(25-26-22-10-7-8-11-23(22)31-25)18-16-20-12-14-21(15-13-20)30-19(2)24(28)29/h7-8,10-15,19H,3-6,9,16-18H2,1-2H3,(H,28,29)/p-1/t19-/m0/s1. The molecule has 0 aliphatic carbocycles. The number of hydrogen-bond acceptors (Lipinski definition) is 6. The van der Waals surface area contributed by atoms with Crippen LogP contribution in [-0.4, -0.2) is 30.1 Å². The Bertz CT molecular complexity index is 919. The zero-order valence-corrected chi connectivity index (χ0v) is 18.4. The second kappa shape index (κ2) is 11.4. The van der Waals surface area contributed by atoms with Crippen LogP contribution in [0.4, 0.5) is 6.01 Å². The summed E-state index contributed by atoms with van der Waals surface area (Å²) in [7, 11) is 0. The Labute approximate surface area is 183 Å². The van der Waals surface area contributed by atoms with Crippen molar-refractivity contribution in [3.63, 3.8) is 0 Å². The Morgan fingerprint density at radius 2 is 1.81 bits per heavy atom. The van der Waals surface area contributed by atoms with Gasteiger partial charge in [-0.25, -0.2) is 0 Å². The van der Waals surface area contributed by atoms with E-state index in [-0.39, 0.29) is 0 Å². The Hall–Kier alpha value is -3.02. The van der Waals surface area contributed by atoms with Crippen LogP contribution in [0, 0.1) is 0 Å². The molecule has 6 nitrogen and oxygen atoms in total. The van der Waals surface area contributed by atoms with Gasteiger partial charge in [-0.15, -0.1) is 0 Å². The van der Waals surface area contributed by atoms with Crippen LogP contribution in [0.1, 0.15) is 51.5 Å². The molecule has 1 heterocycles. The fourth-order valence-electron chi connectivity index (χ4n) is 3.46. The van der Waals surface area contributed by atoms with Gasteiger partial charge >= 0.3 is 0 Å². The first-order valence-corrected chi connectivity index (χ1v) is 11.1. The molecule has 2 aromatic carbocycles. The third-order valence-electron chi connectivity index (χ3n) is 5.32. The van der Waals surface area contributed by atoms with Crippen molar-refractivity contribution in [1.29, 1.82) is 0 Å². The van der Waals surface area contributed by atoms with Gasteiger partial charge in [0.05, 0.1) is 5.97 Å². The molecule has 0 saturated carbocycles. The topological polar surface area (TPSA) is 78.6 Å². The number of unbranched alkanes of at least 4 members (excludes halogenated alkanes) is 4. The highest BCUT2D eigenvalue weighted by molar-refractivity contribution is 5.74. The zero-order chi connectivity index (χ0) is 22.1. The van der Waals surface area contributed by atoms with Gasteiger partial charge in [0.15, 0.2) is 5.58 Å². The molecule has 0 bridgehead atoms. The molecule has 0 aliphatic rings. The first-order chi connectivity index (χ1) is 15.1. The van der Waals surface area contributed by atoms with Crippen LogP contribution >= 0.6 is 0 Å². The first-order valence-electron chi connectivity index (χ1n) is 11.1. The number of fused-ring (bicyclic) bond motifs is 1. The van der Waals surface area contributed by atoms with Crippen molar-refractivity contribution in [2.75, 3.05) is 18.0 Å². The molecule has 0 aliphatic heterocycles. The van der Waals surface area contributed by atoms with Crippen LogP contribution in [0.2, 0.25) is 0 Å². The smallest absolute Gasteiger partial charge is 0.298 e. The quantitative estimate of drug-likeness (QED) is 0.380. The summed E-state index contributed by atoms with van der Waals surface area (Å²) in [6, 6.07) is 16.0. The van der Waals surface area contributed by atoms with Crippen molar-refractivity contribution in [3.8, 4) is 5.75 Å². The van der Waals surface area contributed by atoms with Crippen LogP contribution in [0.5, 0.6) is 5.75 Å². The minimum atomic E-state index is -1.23. The van der Waals surface area contributed by atoms with Crippen molar-refractivity contribution in [3.05, 3.63) is 54.1 Å². The van der Waals surface area contributed by atoms with Crippen LogP contribution in [0.25, 0.3) is 11.1 Å². The van der Waals surface area contributed by atoms with E-state index in [0.29, 0.717) is 11.8 Å². The lowest BCUT2D eigenvalue weighted by atomic mass is 10.1. The van der Waals surface area contributed by atoms with Gasteiger partial charge < -0.3 is 24.0 Å². The van der Waals surface area contributed by atoms with E-state index in [0.717, 1.165) is 42.6 Å². The predicted octanol–water partition coefficient (Wildman–Crippen LogP) is 4.36. The van der Waals surface area contributed by atoms with Gasteiger partial charge in [0.25, 0.3) is 6.01 Å². The Balaban J connectivity index is 1.63. The van der Waals surface area contributed by atoms with Crippen molar-refractivity contribution >= 4 is 23.1 Å². The number of aliphatic carboxylic acids is 1. The molecule has 31 heavy (non-hydrogen) atoms. The zero-order valence-electron chi connectivity index (χ0n) is 18.4. The number of ether oxygens (including phenoxy) is 1. The predicted molar refractivity (Wildman–Crippen MR) is 120 cm³/mol. The number of hydrogen-bond donors (Lipinski definition) is 0. The van der Waals surface area contributed by atoms with E-state index < -0.39 is 12.1 Å². The van der Waals surface area contributed by atoms with Gasteiger partial charge in [-0.2, -0.15) is 4.98 Å². The van der Waals surface area contributed by atoms with Gasteiger partial charge in [0.1, 0.15) is 17.4 Å². The molecule has 0 amide bonds. The number of oxazole rings is 1. The second-order valence-electron chi connectivity index (χ2n) is 7.84. The van der Waals surface area contributed by atoms with Crippen molar-refractivity contribution in [1.82, 2.24) is 4.98 Å². The molecule has 3 aromatic rings. The van der Waals surface area contributed by atoms with Gasteiger partial charge in [-0.1, -0.05) is 56.9 Å². The van der Waals surface area contributed by atoms with Gasteiger partial charge in [0.2, 0.25) is 0 Å². The minimum Gasteiger partial charge on any atom is -0.546 e. The highest BCUT2D eigenvalue weighted by Crippen LogP contribution is 2.23. The molecule has 0 spiro atoms. The SMILES string of the molecule is CCCCCCCN(CCc1ccc(O[C@@H](C)C(=O)[O-])cc1)c1nc2ccccc2o1. The van der Waals surface area contributed by atoms with E-state index in [1.807, 2.05) is 36.4 Å². The summed E-state index contributed by atoms with van der Waals surface area (Å²) in [6.45, 7) is 5.37. The maximum atomic E-state index is 10.8. The Morgan fingerprint density at radius 3 is 2.52 bits per heavy atom. The van der Waals surface area contributed by atoms with E-state index in [1.54, 1.807) is 12.1 Å². The summed E-state index contributed by atoms with van der Waals surface area (Å²) >= 11 is 0. The summed E-state index contributed by atoms with van der Waals surface area (Å²) < 4.78 is 11.4. The molecular formula is C25H31N2O4-. The molecule has 0 N–H and O–H groups in total. The lowest BCUT2D eigenvalue weighted by Gasteiger charge is -2.21. The molecule has 1 atom stereocenters. The molecule has 3 rings (SSSR count). The van der Waals surface area contributed by atoms with E-state index in [9.17, 15) is 9.90 Å². The van der Waals surface area contributed by atoms with Crippen LogP contribution in [0.3, 0.4) is 0 Å². The molecule has 0 fully saturated rings. The summed E-state index contributed by atoms with van der Waals surface area (Å²) in [5.74, 6) is -0.704. The molecular weight excluding hydrogens is 392 g/mol. The van der Waals surface area contributed by atoms with Crippen LogP contribution < -0.4 is 14.7 Å². The van der Waals surface area contributed by atoms with Crippen molar-refractivity contribution < 1.29 is 19.1 Å². The first kappa shape index (κ1) is 22.7. The average molecular weight is 424 g/mol. The third-order valence-corrected chi connectivity index (χ3v) is 5.32. The normalized spacial score (nSPS) is 12.1. The number of anilines is 1. The molecule has 0 radical (unpaired) electrons. The Kier molecular flexibility index (Phi) is 8.33. The van der Waals surface area contributed by atoms with Gasteiger partial charge in [-0.05, 0) is 49.6 Å². The minimum absolute atomic E-state index is 0.521. The second-order valence-corrected chi connectivity index (χ2v) is 7.84. The molecule has 166 valence electrons.